The van der Waals surface area contributed by atoms with Gasteiger partial charge in [0.25, 0.3) is 10.1 Å². The van der Waals surface area contributed by atoms with Crippen LogP contribution >= 0.6 is 0 Å². The molecule has 116 valence electrons. The van der Waals surface area contributed by atoms with Crippen LogP contribution in [-0.4, -0.2) is 27.1 Å². The highest BCUT2D eigenvalue weighted by molar-refractivity contribution is 7.86. The summed E-state index contributed by atoms with van der Waals surface area (Å²) in [5, 5.41) is 0. The maximum atomic E-state index is 12.0. The molecule has 0 unspecified atom stereocenters. The lowest BCUT2D eigenvalue weighted by Crippen LogP contribution is -2.16. The maximum Gasteiger partial charge on any atom is 0.311 e. The number of carbonyl (C=O) groups excluding carboxylic acids is 1. The summed E-state index contributed by atoms with van der Waals surface area (Å²) < 4.78 is 34.2. The summed E-state index contributed by atoms with van der Waals surface area (Å²) in [7, 11) is -3.75. The number of rotatable bonds is 5. The molecule has 1 aromatic rings. The van der Waals surface area contributed by atoms with Crippen LogP contribution in [0, 0.1) is 12.3 Å². The molecule has 0 radical (unpaired) electrons. The number of aryl methyl sites for hydroxylation is 1. The molecule has 1 fully saturated rings. The number of esters is 1. The van der Waals surface area contributed by atoms with E-state index in [2.05, 4.69) is 0 Å². The van der Waals surface area contributed by atoms with Crippen LogP contribution in [0.5, 0.6) is 0 Å². The second kappa shape index (κ2) is 5.77. The molecule has 0 aliphatic carbocycles. The van der Waals surface area contributed by atoms with Crippen LogP contribution in [0.15, 0.2) is 29.2 Å². The smallest absolute Gasteiger partial charge is 0.311 e. The number of cyclic esters (lactones) is 1. The minimum absolute atomic E-state index is 0.00420. The quantitative estimate of drug-likeness (QED) is 0.617. The summed E-state index contributed by atoms with van der Waals surface area (Å²) in [6.07, 6.45) is 0.681. The van der Waals surface area contributed by atoms with Gasteiger partial charge in [-0.2, -0.15) is 8.42 Å². The SMILES string of the molecule is Cc1ccc(S(=O)(=O)OCC[C@@H]2CC(C)(C)C(=O)O2)cc1. The summed E-state index contributed by atoms with van der Waals surface area (Å²) in [6, 6.07) is 6.47. The van der Waals surface area contributed by atoms with Crippen molar-refractivity contribution in [3.8, 4) is 0 Å². The fraction of sp³-hybridized carbons (Fsp3) is 0.533. The Morgan fingerprint density at radius 1 is 1.29 bits per heavy atom. The Hall–Kier alpha value is -1.40. The van der Waals surface area contributed by atoms with Gasteiger partial charge in [0.1, 0.15) is 6.10 Å². The van der Waals surface area contributed by atoms with Gasteiger partial charge in [0.05, 0.1) is 16.9 Å². The van der Waals surface area contributed by atoms with Gasteiger partial charge in [0, 0.05) is 12.8 Å². The first-order chi connectivity index (χ1) is 9.71. The standard InChI is InChI=1S/C15H20O5S/c1-11-4-6-13(7-5-11)21(17,18)19-9-8-12-10-15(2,3)14(16)20-12/h4-7,12H,8-10H2,1-3H3/t12-/m1/s1. The predicted molar refractivity (Wildman–Crippen MR) is 77.2 cm³/mol. The van der Waals surface area contributed by atoms with Gasteiger partial charge in [-0.1, -0.05) is 17.7 Å². The van der Waals surface area contributed by atoms with Crippen LogP contribution in [0.4, 0.5) is 0 Å². The lowest BCUT2D eigenvalue weighted by atomic mass is 9.89. The summed E-state index contributed by atoms with van der Waals surface area (Å²) >= 11 is 0. The van der Waals surface area contributed by atoms with E-state index in [1.54, 1.807) is 12.1 Å². The van der Waals surface area contributed by atoms with E-state index in [4.69, 9.17) is 8.92 Å². The molecule has 0 N–H and O–H groups in total. The van der Waals surface area contributed by atoms with Crippen molar-refractivity contribution in [1.29, 1.82) is 0 Å². The van der Waals surface area contributed by atoms with Gasteiger partial charge >= 0.3 is 5.97 Å². The Kier molecular flexibility index (Phi) is 4.39. The van der Waals surface area contributed by atoms with Crippen LogP contribution in [0.25, 0.3) is 0 Å². The third-order valence-electron chi connectivity index (χ3n) is 3.55. The summed E-state index contributed by atoms with van der Waals surface area (Å²) in [5.74, 6) is -0.242. The van der Waals surface area contributed by atoms with E-state index in [0.29, 0.717) is 12.8 Å². The molecule has 1 aromatic carbocycles. The first kappa shape index (κ1) is 16.0. The van der Waals surface area contributed by atoms with E-state index in [9.17, 15) is 13.2 Å². The van der Waals surface area contributed by atoms with Gasteiger partial charge in [-0.25, -0.2) is 0 Å². The molecule has 1 saturated heterocycles. The minimum Gasteiger partial charge on any atom is -0.462 e. The van der Waals surface area contributed by atoms with Gasteiger partial charge in [-0.05, 0) is 32.9 Å². The van der Waals surface area contributed by atoms with Gasteiger partial charge in [0.15, 0.2) is 0 Å². The Morgan fingerprint density at radius 2 is 1.90 bits per heavy atom. The van der Waals surface area contributed by atoms with Gasteiger partial charge < -0.3 is 4.74 Å². The third kappa shape index (κ3) is 3.83. The van der Waals surface area contributed by atoms with Gasteiger partial charge in [-0.3, -0.25) is 8.98 Å². The normalized spacial score (nSPS) is 21.3. The largest absolute Gasteiger partial charge is 0.462 e. The fourth-order valence-corrected chi connectivity index (χ4v) is 3.15. The second-order valence-corrected chi connectivity index (χ2v) is 7.61. The van der Waals surface area contributed by atoms with Crippen LogP contribution < -0.4 is 0 Å². The molecule has 0 amide bonds. The van der Waals surface area contributed by atoms with Gasteiger partial charge in [0.2, 0.25) is 0 Å². The number of ether oxygens (including phenoxy) is 1. The number of carbonyl (C=O) groups is 1. The molecule has 1 aliphatic rings. The highest BCUT2D eigenvalue weighted by Crippen LogP contribution is 2.34. The molecule has 0 bridgehead atoms. The maximum absolute atomic E-state index is 12.0. The van der Waals surface area contributed by atoms with E-state index < -0.39 is 15.5 Å². The molecular weight excluding hydrogens is 292 g/mol. The molecule has 2 rings (SSSR count). The molecule has 0 saturated carbocycles. The Balaban J connectivity index is 1.89. The van der Waals surface area contributed by atoms with E-state index >= 15 is 0 Å². The van der Waals surface area contributed by atoms with E-state index in [1.807, 2.05) is 20.8 Å². The Morgan fingerprint density at radius 3 is 2.43 bits per heavy atom. The van der Waals surface area contributed by atoms with Crippen molar-refractivity contribution in [2.45, 2.75) is 44.6 Å². The van der Waals surface area contributed by atoms with Crippen LogP contribution in [-0.2, 0) is 23.8 Å². The molecule has 1 atom stereocenters. The highest BCUT2D eigenvalue weighted by atomic mass is 32.2. The zero-order valence-electron chi connectivity index (χ0n) is 12.5. The van der Waals surface area contributed by atoms with E-state index in [1.165, 1.54) is 12.1 Å². The Labute approximate surface area is 125 Å². The molecule has 21 heavy (non-hydrogen) atoms. The molecular formula is C15H20O5S. The number of hydrogen-bond donors (Lipinski definition) is 0. The van der Waals surface area contributed by atoms with Crippen molar-refractivity contribution >= 4 is 16.1 Å². The van der Waals surface area contributed by atoms with E-state index in [-0.39, 0.29) is 23.6 Å². The van der Waals surface area contributed by atoms with Crippen LogP contribution in [0.3, 0.4) is 0 Å². The van der Waals surface area contributed by atoms with Crippen LogP contribution in [0.1, 0.15) is 32.3 Å². The number of hydrogen-bond acceptors (Lipinski definition) is 5. The first-order valence-electron chi connectivity index (χ1n) is 6.88. The molecule has 1 aliphatic heterocycles. The third-order valence-corrected chi connectivity index (χ3v) is 4.88. The first-order valence-corrected chi connectivity index (χ1v) is 8.29. The monoisotopic (exact) mass is 312 g/mol. The highest BCUT2D eigenvalue weighted by Gasteiger charge is 2.41. The molecule has 6 heteroatoms. The Bertz CT molecular complexity index is 616. The van der Waals surface area contributed by atoms with Crippen molar-refractivity contribution in [3.63, 3.8) is 0 Å². The van der Waals surface area contributed by atoms with Crippen molar-refractivity contribution in [1.82, 2.24) is 0 Å². The molecule has 0 spiro atoms. The summed E-state index contributed by atoms with van der Waals surface area (Å²) in [6.45, 7) is 5.52. The summed E-state index contributed by atoms with van der Waals surface area (Å²) in [5.41, 5.74) is 0.481. The van der Waals surface area contributed by atoms with Crippen molar-refractivity contribution in [3.05, 3.63) is 29.8 Å². The average Bonchev–Trinajstić information content (AvgIpc) is 2.63. The van der Waals surface area contributed by atoms with Crippen molar-refractivity contribution in [2.75, 3.05) is 6.61 Å². The average molecular weight is 312 g/mol. The van der Waals surface area contributed by atoms with E-state index in [0.717, 1.165) is 5.56 Å². The summed E-state index contributed by atoms with van der Waals surface area (Å²) in [4.78, 5) is 11.7. The van der Waals surface area contributed by atoms with Crippen molar-refractivity contribution in [2.24, 2.45) is 5.41 Å². The molecule has 5 nitrogen and oxygen atoms in total. The zero-order valence-corrected chi connectivity index (χ0v) is 13.3. The fourth-order valence-electron chi connectivity index (χ4n) is 2.23. The zero-order chi connectivity index (χ0) is 15.7. The van der Waals surface area contributed by atoms with Crippen molar-refractivity contribution < 1.29 is 22.1 Å². The topological polar surface area (TPSA) is 69.7 Å². The minimum atomic E-state index is -3.75. The second-order valence-electron chi connectivity index (χ2n) is 5.99. The van der Waals surface area contributed by atoms with Gasteiger partial charge in [-0.15, -0.1) is 0 Å². The molecule has 1 heterocycles. The lowest BCUT2D eigenvalue weighted by Gasteiger charge is -2.11. The lowest BCUT2D eigenvalue weighted by molar-refractivity contribution is -0.147. The predicted octanol–water partition coefficient (Wildman–Crippen LogP) is 2.43. The van der Waals surface area contributed by atoms with Crippen LogP contribution in [0.2, 0.25) is 0 Å². The molecule has 0 aromatic heterocycles. The number of benzene rings is 1.